The number of aromatic nitrogens is 2. The lowest BCUT2D eigenvalue weighted by molar-refractivity contribution is -0.136. The quantitative estimate of drug-likeness (QED) is 0.904. The van der Waals surface area contributed by atoms with Crippen molar-refractivity contribution < 1.29 is 4.79 Å². The van der Waals surface area contributed by atoms with E-state index in [1.54, 1.807) is 17.1 Å². The van der Waals surface area contributed by atoms with Crippen molar-refractivity contribution in [3.8, 4) is 0 Å². The normalized spacial score (nSPS) is 39.7. The summed E-state index contributed by atoms with van der Waals surface area (Å²) in [5, 5.41) is 4.14. The van der Waals surface area contributed by atoms with Gasteiger partial charge in [0.1, 0.15) is 0 Å². The van der Waals surface area contributed by atoms with Crippen molar-refractivity contribution in [1.82, 2.24) is 9.78 Å². The third-order valence-electron chi connectivity index (χ3n) is 5.57. The summed E-state index contributed by atoms with van der Waals surface area (Å²) in [6.45, 7) is 0.407. The molecular weight excluding hydrogens is 238 g/mol. The molecule has 0 aliphatic heterocycles. The Morgan fingerprint density at radius 1 is 1.21 bits per heavy atom. The molecule has 102 valence electrons. The van der Waals surface area contributed by atoms with Crippen LogP contribution in [0.2, 0.25) is 0 Å². The summed E-state index contributed by atoms with van der Waals surface area (Å²) >= 11 is 0. The fourth-order valence-corrected chi connectivity index (χ4v) is 5.18. The van der Waals surface area contributed by atoms with E-state index in [4.69, 9.17) is 5.73 Å². The van der Waals surface area contributed by atoms with Crippen LogP contribution in [0.4, 0.5) is 5.69 Å². The Labute approximate surface area is 113 Å². The Morgan fingerprint density at radius 2 is 1.84 bits per heavy atom. The Balaban J connectivity index is 1.51. The molecule has 4 aliphatic rings. The molecule has 1 aromatic rings. The number of anilines is 1. The van der Waals surface area contributed by atoms with Crippen LogP contribution in [0.15, 0.2) is 12.4 Å². The average Bonchev–Trinajstić information content (AvgIpc) is 2.73. The van der Waals surface area contributed by atoms with Crippen LogP contribution in [0.3, 0.4) is 0 Å². The Morgan fingerprint density at radius 3 is 2.37 bits per heavy atom. The predicted octanol–water partition coefficient (Wildman–Crippen LogP) is 2.11. The summed E-state index contributed by atoms with van der Waals surface area (Å²) < 4.78 is 1.70. The van der Waals surface area contributed by atoms with Gasteiger partial charge >= 0.3 is 0 Å². The van der Waals surface area contributed by atoms with Gasteiger partial charge in [-0.1, -0.05) is 0 Å². The van der Waals surface area contributed by atoms with Gasteiger partial charge in [-0.25, -0.2) is 0 Å². The molecule has 4 aliphatic carbocycles. The van der Waals surface area contributed by atoms with Crippen molar-refractivity contribution in [3.63, 3.8) is 0 Å². The highest BCUT2D eigenvalue weighted by molar-refractivity contribution is 5.81. The second kappa shape index (κ2) is 4.09. The minimum absolute atomic E-state index is 0.304. The maximum Gasteiger partial charge on any atom is 0.157 e. The minimum Gasteiger partial charge on any atom is -0.396 e. The van der Waals surface area contributed by atoms with Gasteiger partial charge in [0.25, 0.3) is 0 Å². The smallest absolute Gasteiger partial charge is 0.157 e. The number of Topliss-reactive ketones (excluding diaryl/α,β-unsaturated/α-hetero) is 1. The van der Waals surface area contributed by atoms with Crippen molar-refractivity contribution in [2.45, 2.75) is 38.6 Å². The van der Waals surface area contributed by atoms with Gasteiger partial charge in [0, 0.05) is 12.1 Å². The van der Waals surface area contributed by atoms with Gasteiger partial charge in [0.2, 0.25) is 0 Å². The first-order valence-electron chi connectivity index (χ1n) is 7.49. The lowest BCUT2D eigenvalue weighted by Gasteiger charge is -2.53. The Hall–Kier alpha value is -1.32. The molecule has 0 radical (unpaired) electrons. The summed E-state index contributed by atoms with van der Waals surface area (Å²) in [6.07, 6.45) is 9.99. The van der Waals surface area contributed by atoms with E-state index < -0.39 is 0 Å². The number of ketones is 1. The van der Waals surface area contributed by atoms with E-state index in [0.29, 0.717) is 35.8 Å². The van der Waals surface area contributed by atoms with Gasteiger partial charge in [-0.3, -0.25) is 9.48 Å². The summed E-state index contributed by atoms with van der Waals surface area (Å²) in [7, 11) is 0. The maximum atomic E-state index is 12.6. The van der Waals surface area contributed by atoms with E-state index in [0.717, 1.165) is 11.8 Å². The average molecular weight is 259 g/mol. The first kappa shape index (κ1) is 11.5. The molecule has 4 heteroatoms. The SMILES string of the molecule is Nc1cnn(CC(=O)C2C3CC4CC(C3)CC2C4)c1. The number of nitrogens with zero attached hydrogens (tertiary/aromatic N) is 2. The van der Waals surface area contributed by atoms with E-state index in [1.807, 2.05) is 0 Å². The van der Waals surface area contributed by atoms with E-state index in [1.165, 1.54) is 32.1 Å². The van der Waals surface area contributed by atoms with Crippen LogP contribution in [0, 0.1) is 29.6 Å². The zero-order valence-corrected chi connectivity index (χ0v) is 11.2. The maximum absolute atomic E-state index is 12.6. The first-order chi connectivity index (χ1) is 9.19. The zero-order valence-electron chi connectivity index (χ0n) is 11.2. The fourth-order valence-electron chi connectivity index (χ4n) is 5.18. The van der Waals surface area contributed by atoms with E-state index in [9.17, 15) is 4.79 Å². The second-order valence-corrected chi connectivity index (χ2v) is 6.89. The lowest BCUT2D eigenvalue weighted by atomic mass is 9.51. The number of nitrogen functional groups attached to an aromatic ring is 1. The first-order valence-corrected chi connectivity index (χ1v) is 7.49. The van der Waals surface area contributed by atoms with Gasteiger partial charge in [0.05, 0.1) is 18.4 Å². The minimum atomic E-state index is 0.304. The van der Waals surface area contributed by atoms with Gasteiger partial charge in [-0.2, -0.15) is 5.10 Å². The topological polar surface area (TPSA) is 60.9 Å². The number of carbonyl (C=O) groups excluding carboxylic acids is 1. The van der Waals surface area contributed by atoms with Crippen molar-refractivity contribution in [2.24, 2.45) is 29.6 Å². The van der Waals surface area contributed by atoms with Crippen LogP contribution in [0.25, 0.3) is 0 Å². The van der Waals surface area contributed by atoms with Crippen molar-refractivity contribution in [3.05, 3.63) is 12.4 Å². The lowest BCUT2D eigenvalue weighted by Crippen LogP contribution is -2.48. The molecule has 4 nitrogen and oxygen atoms in total. The third kappa shape index (κ3) is 1.88. The third-order valence-corrected chi connectivity index (χ3v) is 5.57. The molecule has 0 saturated heterocycles. The predicted molar refractivity (Wildman–Crippen MR) is 72.2 cm³/mol. The van der Waals surface area contributed by atoms with Crippen molar-refractivity contribution in [2.75, 3.05) is 5.73 Å². The number of carbonyl (C=O) groups is 1. The monoisotopic (exact) mass is 259 g/mol. The second-order valence-electron chi connectivity index (χ2n) is 6.89. The Bertz CT molecular complexity index is 479. The molecule has 0 aromatic carbocycles. The van der Waals surface area contributed by atoms with E-state index in [-0.39, 0.29) is 0 Å². The molecule has 5 rings (SSSR count). The number of hydrogen-bond acceptors (Lipinski definition) is 3. The van der Waals surface area contributed by atoms with Gasteiger partial charge in [-0.15, -0.1) is 0 Å². The van der Waals surface area contributed by atoms with Crippen LogP contribution in [0.1, 0.15) is 32.1 Å². The highest BCUT2D eigenvalue weighted by Crippen LogP contribution is 2.56. The van der Waals surface area contributed by atoms with Gasteiger partial charge < -0.3 is 5.73 Å². The zero-order chi connectivity index (χ0) is 13.0. The molecule has 1 heterocycles. The number of rotatable bonds is 3. The number of hydrogen-bond donors (Lipinski definition) is 1. The van der Waals surface area contributed by atoms with Gasteiger partial charge in [-0.05, 0) is 55.8 Å². The molecule has 0 atom stereocenters. The summed E-state index contributed by atoms with van der Waals surface area (Å²) in [5.41, 5.74) is 6.29. The molecule has 0 spiro atoms. The molecule has 0 unspecified atom stereocenters. The molecule has 4 bridgehead atoms. The summed E-state index contributed by atoms with van der Waals surface area (Å²) in [6, 6.07) is 0. The van der Waals surface area contributed by atoms with Crippen molar-refractivity contribution >= 4 is 11.5 Å². The van der Waals surface area contributed by atoms with Crippen LogP contribution >= 0.6 is 0 Å². The molecule has 0 amide bonds. The van der Waals surface area contributed by atoms with Crippen LogP contribution in [-0.4, -0.2) is 15.6 Å². The number of nitrogens with two attached hydrogens (primary N) is 1. The summed E-state index contributed by atoms with van der Waals surface area (Å²) in [4.78, 5) is 12.6. The molecule has 2 N–H and O–H groups in total. The Kier molecular flexibility index (Phi) is 2.47. The summed E-state index contributed by atoms with van der Waals surface area (Å²) in [5.74, 6) is 3.86. The van der Waals surface area contributed by atoms with Gasteiger partial charge in [0.15, 0.2) is 5.78 Å². The standard InChI is InChI=1S/C15H21N3O/c16-13-6-17-18(7-13)8-14(19)15-11-2-9-1-10(4-11)5-12(15)3-9/h6-7,9-12,15H,1-5,8,16H2. The van der Waals surface area contributed by atoms with E-state index >= 15 is 0 Å². The fraction of sp³-hybridized carbons (Fsp3) is 0.733. The highest BCUT2D eigenvalue weighted by atomic mass is 16.1. The largest absolute Gasteiger partial charge is 0.396 e. The van der Waals surface area contributed by atoms with Crippen LogP contribution in [0.5, 0.6) is 0 Å². The van der Waals surface area contributed by atoms with E-state index in [2.05, 4.69) is 5.10 Å². The highest BCUT2D eigenvalue weighted by Gasteiger charge is 2.50. The molecule has 4 saturated carbocycles. The molecule has 4 fully saturated rings. The molecular formula is C15H21N3O. The molecule has 19 heavy (non-hydrogen) atoms. The molecule has 1 aromatic heterocycles. The van der Waals surface area contributed by atoms with Crippen molar-refractivity contribution in [1.29, 1.82) is 0 Å². The van der Waals surface area contributed by atoms with Crippen LogP contribution < -0.4 is 5.73 Å². The van der Waals surface area contributed by atoms with Crippen LogP contribution in [-0.2, 0) is 11.3 Å².